The van der Waals surface area contributed by atoms with E-state index in [1.807, 2.05) is 0 Å². The molecule has 0 unspecified atom stereocenters. The largest absolute Gasteiger partial charge is 0.494 e. The SMILES string of the molecule is COc1ccc(CCN)c(F)c1F. The molecule has 0 amide bonds. The number of halogens is 2. The highest BCUT2D eigenvalue weighted by molar-refractivity contribution is 5.31. The Kier molecular flexibility index (Phi) is 3.19. The zero-order valence-corrected chi connectivity index (χ0v) is 7.31. The molecule has 1 aromatic carbocycles. The van der Waals surface area contributed by atoms with Gasteiger partial charge in [-0.1, -0.05) is 6.07 Å². The Morgan fingerprint density at radius 3 is 2.54 bits per heavy atom. The second kappa shape index (κ2) is 4.18. The Morgan fingerprint density at radius 1 is 1.31 bits per heavy atom. The molecule has 0 aliphatic heterocycles. The van der Waals surface area contributed by atoms with Crippen molar-refractivity contribution in [1.82, 2.24) is 0 Å². The summed E-state index contributed by atoms with van der Waals surface area (Å²) >= 11 is 0. The molecule has 0 atom stereocenters. The monoisotopic (exact) mass is 187 g/mol. The molecule has 0 heterocycles. The number of ether oxygens (including phenoxy) is 1. The van der Waals surface area contributed by atoms with Crippen molar-refractivity contribution in [2.45, 2.75) is 6.42 Å². The van der Waals surface area contributed by atoms with Gasteiger partial charge >= 0.3 is 0 Å². The van der Waals surface area contributed by atoms with Gasteiger partial charge in [0, 0.05) is 0 Å². The lowest BCUT2D eigenvalue weighted by molar-refractivity contribution is 0.370. The van der Waals surface area contributed by atoms with Crippen LogP contribution in [-0.4, -0.2) is 13.7 Å². The summed E-state index contributed by atoms with van der Waals surface area (Å²) in [4.78, 5) is 0. The molecule has 1 aromatic rings. The van der Waals surface area contributed by atoms with Gasteiger partial charge in [-0.15, -0.1) is 0 Å². The Hall–Kier alpha value is -1.16. The third-order valence-corrected chi connectivity index (χ3v) is 1.76. The van der Waals surface area contributed by atoms with Crippen molar-refractivity contribution < 1.29 is 13.5 Å². The minimum absolute atomic E-state index is 0.0849. The van der Waals surface area contributed by atoms with E-state index in [0.717, 1.165) is 0 Å². The van der Waals surface area contributed by atoms with Crippen molar-refractivity contribution >= 4 is 0 Å². The van der Waals surface area contributed by atoms with Crippen LogP contribution in [0.2, 0.25) is 0 Å². The number of nitrogens with two attached hydrogens (primary N) is 1. The number of methoxy groups -OCH3 is 1. The first-order valence-corrected chi connectivity index (χ1v) is 3.91. The molecule has 13 heavy (non-hydrogen) atoms. The quantitative estimate of drug-likeness (QED) is 0.777. The van der Waals surface area contributed by atoms with E-state index in [9.17, 15) is 8.78 Å². The van der Waals surface area contributed by atoms with E-state index in [1.165, 1.54) is 19.2 Å². The maximum absolute atomic E-state index is 13.1. The first-order chi connectivity index (χ1) is 6.20. The van der Waals surface area contributed by atoms with E-state index < -0.39 is 11.6 Å². The fourth-order valence-corrected chi connectivity index (χ4v) is 1.08. The van der Waals surface area contributed by atoms with Gasteiger partial charge < -0.3 is 10.5 Å². The summed E-state index contributed by atoms with van der Waals surface area (Å²) in [5.74, 6) is -1.91. The summed E-state index contributed by atoms with van der Waals surface area (Å²) in [5.41, 5.74) is 5.51. The molecular weight excluding hydrogens is 176 g/mol. The van der Waals surface area contributed by atoms with Crippen molar-refractivity contribution in [1.29, 1.82) is 0 Å². The lowest BCUT2D eigenvalue weighted by atomic mass is 10.1. The molecule has 0 saturated heterocycles. The summed E-state index contributed by atoms with van der Waals surface area (Å²) in [6.07, 6.45) is 0.326. The van der Waals surface area contributed by atoms with Gasteiger partial charge in [0.1, 0.15) is 0 Å². The van der Waals surface area contributed by atoms with Crippen LogP contribution in [0.5, 0.6) is 5.75 Å². The topological polar surface area (TPSA) is 35.2 Å². The van der Waals surface area contributed by atoms with Crippen molar-refractivity contribution in [3.8, 4) is 5.75 Å². The van der Waals surface area contributed by atoms with Crippen LogP contribution in [-0.2, 0) is 6.42 Å². The van der Waals surface area contributed by atoms with Crippen LogP contribution in [0.1, 0.15) is 5.56 Å². The third kappa shape index (κ3) is 1.95. The second-order valence-corrected chi connectivity index (χ2v) is 2.59. The van der Waals surface area contributed by atoms with Gasteiger partial charge in [0.2, 0.25) is 5.82 Å². The lowest BCUT2D eigenvalue weighted by Crippen LogP contribution is -2.06. The summed E-state index contributed by atoms with van der Waals surface area (Å²) in [7, 11) is 1.29. The molecule has 0 fully saturated rings. The van der Waals surface area contributed by atoms with Crippen molar-refractivity contribution in [3.05, 3.63) is 29.3 Å². The highest BCUT2D eigenvalue weighted by Crippen LogP contribution is 2.22. The van der Waals surface area contributed by atoms with Gasteiger partial charge in [-0.05, 0) is 24.6 Å². The van der Waals surface area contributed by atoms with Gasteiger partial charge in [-0.3, -0.25) is 0 Å². The normalized spacial score (nSPS) is 10.2. The minimum atomic E-state index is -0.951. The van der Waals surface area contributed by atoms with E-state index in [0.29, 0.717) is 13.0 Å². The summed E-state index contributed by atoms with van der Waals surface area (Å²) in [6, 6.07) is 2.87. The molecule has 0 radical (unpaired) electrons. The molecule has 0 bridgehead atoms. The maximum atomic E-state index is 13.1. The highest BCUT2D eigenvalue weighted by Gasteiger charge is 2.12. The molecule has 0 saturated carbocycles. The van der Waals surface area contributed by atoms with Gasteiger partial charge in [-0.2, -0.15) is 4.39 Å². The fraction of sp³-hybridized carbons (Fsp3) is 0.333. The van der Waals surface area contributed by atoms with E-state index >= 15 is 0 Å². The molecule has 0 aliphatic carbocycles. The van der Waals surface area contributed by atoms with E-state index in [-0.39, 0.29) is 11.3 Å². The molecule has 0 aromatic heterocycles. The number of hydrogen-bond acceptors (Lipinski definition) is 2. The average molecular weight is 187 g/mol. The molecule has 4 heteroatoms. The minimum Gasteiger partial charge on any atom is -0.494 e. The van der Waals surface area contributed by atoms with Crippen LogP contribution in [0, 0.1) is 11.6 Å². The van der Waals surface area contributed by atoms with Crippen LogP contribution in [0.3, 0.4) is 0 Å². The van der Waals surface area contributed by atoms with Crippen LogP contribution in [0.4, 0.5) is 8.78 Å². The Morgan fingerprint density at radius 2 is 2.00 bits per heavy atom. The predicted molar refractivity (Wildman–Crippen MR) is 45.7 cm³/mol. The summed E-state index contributed by atoms with van der Waals surface area (Å²) in [6.45, 7) is 0.294. The molecule has 0 aliphatic rings. The summed E-state index contributed by atoms with van der Waals surface area (Å²) in [5, 5.41) is 0. The smallest absolute Gasteiger partial charge is 0.200 e. The van der Waals surface area contributed by atoms with Crippen LogP contribution >= 0.6 is 0 Å². The van der Waals surface area contributed by atoms with Crippen LogP contribution in [0.15, 0.2) is 12.1 Å². The van der Waals surface area contributed by atoms with Crippen molar-refractivity contribution in [2.75, 3.05) is 13.7 Å². The van der Waals surface area contributed by atoms with Crippen LogP contribution in [0.25, 0.3) is 0 Å². The van der Waals surface area contributed by atoms with Gasteiger partial charge in [-0.25, -0.2) is 4.39 Å². The van der Waals surface area contributed by atoms with Crippen molar-refractivity contribution in [3.63, 3.8) is 0 Å². The van der Waals surface area contributed by atoms with Gasteiger partial charge in [0.15, 0.2) is 11.6 Å². The molecule has 0 spiro atoms. The molecule has 1 rings (SSSR count). The lowest BCUT2D eigenvalue weighted by Gasteiger charge is -2.05. The Balaban J connectivity index is 3.07. The van der Waals surface area contributed by atoms with Gasteiger partial charge in [0.25, 0.3) is 0 Å². The van der Waals surface area contributed by atoms with E-state index in [2.05, 4.69) is 4.74 Å². The van der Waals surface area contributed by atoms with Crippen LogP contribution < -0.4 is 10.5 Å². The zero-order chi connectivity index (χ0) is 9.84. The fourth-order valence-electron chi connectivity index (χ4n) is 1.08. The maximum Gasteiger partial charge on any atom is 0.200 e. The third-order valence-electron chi connectivity index (χ3n) is 1.76. The number of hydrogen-bond donors (Lipinski definition) is 1. The molecule has 2 nitrogen and oxygen atoms in total. The second-order valence-electron chi connectivity index (χ2n) is 2.59. The number of rotatable bonds is 3. The molecule has 2 N–H and O–H groups in total. The Labute approximate surface area is 75.3 Å². The first kappa shape index (κ1) is 9.92. The first-order valence-electron chi connectivity index (χ1n) is 3.91. The predicted octanol–water partition coefficient (Wildman–Crippen LogP) is 1.47. The number of benzene rings is 1. The highest BCUT2D eigenvalue weighted by atomic mass is 19.2. The Bertz CT molecular complexity index is 302. The zero-order valence-electron chi connectivity index (χ0n) is 7.31. The molecule has 72 valence electrons. The standard InChI is InChI=1S/C9H11F2NO/c1-13-7-3-2-6(4-5-12)8(10)9(7)11/h2-3H,4-5,12H2,1H3. The van der Waals surface area contributed by atoms with E-state index in [4.69, 9.17) is 5.73 Å². The van der Waals surface area contributed by atoms with Crippen molar-refractivity contribution in [2.24, 2.45) is 5.73 Å². The van der Waals surface area contributed by atoms with E-state index in [1.54, 1.807) is 0 Å². The average Bonchev–Trinajstić information content (AvgIpc) is 2.14. The summed E-state index contributed by atoms with van der Waals surface area (Å²) < 4.78 is 30.8. The van der Waals surface area contributed by atoms with Gasteiger partial charge in [0.05, 0.1) is 7.11 Å². The molecular formula is C9H11F2NO.